The number of methoxy groups -OCH3 is 1. The van der Waals surface area contributed by atoms with Crippen molar-refractivity contribution in [1.29, 1.82) is 0 Å². The normalized spacial score (nSPS) is 22.0. The highest BCUT2D eigenvalue weighted by Crippen LogP contribution is 2.42. The third kappa shape index (κ3) is 5.01. The fourth-order valence-electron chi connectivity index (χ4n) is 4.76. The zero-order chi connectivity index (χ0) is 24.5. The molecular formula is C26H32FN3O4. The number of halogens is 1. The Bertz CT molecular complexity index is 1040. The molecule has 1 N–H and O–H groups in total. The molecule has 0 spiro atoms. The molecule has 34 heavy (non-hydrogen) atoms. The summed E-state index contributed by atoms with van der Waals surface area (Å²) in [6, 6.07) is 13.7. The van der Waals surface area contributed by atoms with Crippen LogP contribution in [0.1, 0.15) is 38.3 Å². The van der Waals surface area contributed by atoms with Gasteiger partial charge in [-0.05, 0) is 62.6 Å². The van der Waals surface area contributed by atoms with Gasteiger partial charge in [0, 0.05) is 19.6 Å². The molecule has 2 aliphatic heterocycles. The Morgan fingerprint density at radius 2 is 1.74 bits per heavy atom. The molecule has 0 radical (unpaired) electrons. The quantitative estimate of drug-likeness (QED) is 0.698. The van der Waals surface area contributed by atoms with E-state index >= 15 is 0 Å². The van der Waals surface area contributed by atoms with Gasteiger partial charge >= 0.3 is 6.09 Å². The topological polar surface area (TPSA) is 71.1 Å². The second kappa shape index (κ2) is 9.25. The molecule has 2 atom stereocenters. The van der Waals surface area contributed by atoms with Crippen molar-refractivity contribution in [3.8, 4) is 5.75 Å². The summed E-state index contributed by atoms with van der Waals surface area (Å²) >= 11 is 0. The van der Waals surface area contributed by atoms with E-state index in [9.17, 15) is 14.0 Å². The van der Waals surface area contributed by atoms with Crippen molar-refractivity contribution in [2.45, 2.75) is 57.5 Å². The number of nitrogens with one attached hydrogen (secondary N) is 1. The van der Waals surface area contributed by atoms with E-state index in [1.165, 1.54) is 12.1 Å². The van der Waals surface area contributed by atoms with Crippen molar-refractivity contribution < 1.29 is 23.5 Å². The summed E-state index contributed by atoms with van der Waals surface area (Å²) in [6.45, 7) is 7.20. The summed E-state index contributed by atoms with van der Waals surface area (Å²) in [5, 5.41) is 3.02. The van der Waals surface area contributed by atoms with E-state index in [1.807, 2.05) is 45.0 Å². The highest BCUT2D eigenvalue weighted by Gasteiger charge is 2.60. The average Bonchev–Trinajstić information content (AvgIpc) is 3.35. The number of carbonyl (C=O) groups excluding carboxylic acids is 2. The molecule has 2 fully saturated rings. The number of rotatable bonds is 6. The highest BCUT2D eigenvalue weighted by atomic mass is 19.1. The maximum atomic E-state index is 13.6. The summed E-state index contributed by atoms with van der Waals surface area (Å²) < 4.78 is 24.1. The minimum absolute atomic E-state index is 0.107. The Labute approximate surface area is 199 Å². The molecule has 2 amide bonds. The van der Waals surface area contributed by atoms with Gasteiger partial charge in [-0.1, -0.05) is 24.3 Å². The van der Waals surface area contributed by atoms with Crippen molar-refractivity contribution in [2.24, 2.45) is 0 Å². The lowest BCUT2D eigenvalue weighted by Gasteiger charge is -2.41. The van der Waals surface area contributed by atoms with E-state index in [-0.39, 0.29) is 30.9 Å². The molecule has 2 aromatic rings. The van der Waals surface area contributed by atoms with Gasteiger partial charge in [-0.15, -0.1) is 0 Å². The van der Waals surface area contributed by atoms with Crippen LogP contribution in [0.3, 0.4) is 0 Å². The fourth-order valence-corrected chi connectivity index (χ4v) is 4.76. The standard InChI is InChI=1S/C26H32FN3O4/c1-25(2,3)34-24(32)30-17-26(23(31)28-14-18-5-9-20(27)10-6-18)13-21(30)16-29(26)15-19-7-11-22(33-4)12-8-19/h5-12,21H,13-17H2,1-4H3,(H,28,31)/t21-,26?/m0/s1. The first-order valence-electron chi connectivity index (χ1n) is 11.5. The summed E-state index contributed by atoms with van der Waals surface area (Å²) in [6.07, 6.45) is 0.146. The van der Waals surface area contributed by atoms with Gasteiger partial charge in [0.1, 0.15) is 22.7 Å². The molecule has 8 heteroatoms. The zero-order valence-corrected chi connectivity index (χ0v) is 20.1. The molecule has 2 heterocycles. The first-order valence-corrected chi connectivity index (χ1v) is 11.5. The average molecular weight is 470 g/mol. The Morgan fingerprint density at radius 3 is 2.35 bits per heavy atom. The van der Waals surface area contributed by atoms with Crippen LogP contribution < -0.4 is 10.1 Å². The van der Waals surface area contributed by atoms with Gasteiger partial charge in [-0.3, -0.25) is 9.69 Å². The van der Waals surface area contributed by atoms with E-state index in [1.54, 1.807) is 24.1 Å². The Hall–Kier alpha value is -3.13. The van der Waals surface area contributed by atoms with E-state index < -0.39 is 17.2 Å². The van der Waals surface area contributed by atoms with Crippen molar-refractivity contribution >= 4 is 12.0 Å². The van der Waals surface area contributed by atoms with Crippen LogP contribution in [-0.4, -0.2) is 59.2 Å². The van der Waals surface area contributed by atoms with Gasteiger partial charge in [-0.2, -0.15) is 0 Å². The van der Waals surface area contributed by atoms with Crippen LogP contribution in [-0.2, 0) is 22.6 Å². The van der Waals surface area contributed by atoms with Crippen molar-refractivity contribution in [3.05, 3.63) is 65.5 Å². The summed E-state index contributed by atoms with van der Waals surface area (Å²) in [5.74, 6) is 0.315. The van der Waals surface area contributed by atoms with Gasteiger partial charge < -0.3 is 19.7 Å². The predicted molar refractivity (Wildman–Crippen MR) is 126 cm³/mol. The molecule has 2 bridgehead atoms. The molecule has 4 rings (SSSR count). The lowest BCUT2D eigenvalue weighted by molar-refractivity contribution is -0.133. The smallest absolute Gasteiger partial charge is 0.410 e. The van der Waals surface area contributed by atoms with E-state index in [4.69, 9.17) is 9.47 Å². The van der Waals surface area contributed by atoms with Gasteiger partial charge in [0.25, 0.3) is 0 Å². The molecule has 2 aromatic carbocycles. The molecule has 0 aromatic heterocycles. The first kappa shape index (κ1) is 24.0. The molecule has 7 nitrogen and oxygen atoms in total. The zero-order valence-electron chi connectivity index (χ0n) is 20.1. The third-order valence-corrected chi connectivity index (χ3v) is 6.43. The fraction of sp³-hybridized carbons (Fsp3) is 0.462. The molecule has 0 aliphatic carbocycles. The van der Waals surface area contributed by atoms with Gasteiger partial charge in [0.05, 0.1) is 19.7 Å². The minimum Gasteiger partial charge on any atom is -0.497 e. The van der Waals surface area contributed by atoms with Gasteiger partial charge in [-0.25, -0.2) is 9.18 Å². The number of piperazine rings is 1. The summed E-state index contributed by atoms with van der Waals surface area (Å²) in [7, 11) is 1.63. The molecular weight excluding hydrogens is 437 g/mol. The molecule has 182 valence electrons. The number of likely N-dealkylation sites (tertiary alicyclic amines) is 2. The number of hydrogen-bond donors (Lipinski definition) is 1. The van der Waals surface area contributed by atoms with Crippen molar-refractivity contribution in [2.75, 3.05) is 20.2 Å². The van der Waals surface area contributed by atoms with E-state index in [2.05, 4.69) is 10.2 Å². The largest absolute Gasteiger partial charge is 0.497 e. The van der Waals surface area contributed by atoms with Crippen LogP contribution in [0.5, 0.6) is 5.75 Å². The predicted octanol–water partition coefficient (Wildman–Crippen LogP) is 3.71. The van der Waals surface area contributed by atoms with Crippen molar-refractivity contribution in [1.82, 2.24) is 15.1 Å². The number of hydrogen-bond acceptors (Lipinski definition) is 5. The Morgan fingerprint density at radius 1 is 1.09 bits per heavy atom. The number of fused-ring (bicyclic) bond motifs is 2. The van der Waals surface area contributed by atoms with Crippen molar-refractivity contribution in [3.63, 3.8) is 0 Å². The minimum atomic E-state index is -0.860. The molecule has 2 saturated heterocycles. The maximum Gasteiger partial charge on any atom is 0.410 e. The summed E-state index contributed by atoms with van der Waals surface area (Å²) in [5.41, 5.74) is 0.397. The van der Waals surface area contributed by atoms with Crippen LogP contribution in [0.2, 0.25) is 0 Å². The molecule has 1 unspecified atom stereocenters. The monoisotopic (exact) mass is 469 g/mol. The second-order valence-electron chi connectivity index (χ2n) is 10.0. The molecule has 2 aliphatic rings. The third-order valence-electron chi connectivity index (χ3n) is 6.43. The number of amides is 2. The second-order valence-corrected chi connectivity index (χ2v) is 10.0. The SMILES string of the molecule is COc1ccc(CN2C[C@@H]3CC2(C(=O)NCc2ccc(F)cc2)CN3C(=O)OC(C)(C)C)cc1. The highest BCUT2D eigenvalue weighted by molar-refractivity contribution is 5.89. The number of benzene rings is 2. The van der Waals surface area contributed by atoms with E-state index in [0.29, 0.717) is 19.5 Å². The van der Waals surface area contributed by atoms with Crippen LogP contribution >= 0.6 is 0 Å². The van der Waals surface area contributed by atoms with Gasteiger partial charge in [0.2, 0.25) is 5.91 Å². The van der Waals surface area contributed by atoms with Gasteiger partial charge in [0.15, 0.2) is 0 Å². The maximum absolute atomic E-state index is 13.6. The Kier molecular flexibility index (Phi) is 6.53. The van der Waals surface area contributed by atoms with Crippen LogP contribution in [0, 0.1) is 5.82 Å². The Balaban J connectivity index is 1.53. The van der Waals surface area contributed by atoms with E-state index in [0.717, 1.165) is 16.9 Å². The number of nitrogens with zero attached hydrogens (tertiary/aromatic N) is 2. The summed E-state index contributed by atoms with van der Waals surface area (Å²) in [4.78, 5) is 30.3. The lowest BCUT2D eigenvalue weighted by Crippen LogP contribution is -2.61. The first-order chi connectivity index (χ1) is 16.1. The van der Waals surface area contributed by atoms with Crippen LogP contribution in [0.25, 0.3) is 0 Å². The number of carbonyl (C=O) groups is 2. The lowest BCUT2D eigenvalue weighted by atomic mass is 9.96. The van der Waals surface area contributed by atoms with Crippen LogP contribution in [0.4, 0.5) is 9.18 Å². The molecule has 0 saturated carbocycles. The number of ether oxygens (including phenoxy) is 2. The van der Waals surface area contributed by atoms with Crippen LogP contribution in [0.15, 0.2) is 48.5 Å².